The normalized spacial score (nSPS) is 19.0. The van der Waals surface area contributed by atoms with Gasteiger partial charge in [-0.25, -0.2) is 0 Å². The molecule has 1 saturated carbocycles. The molecule has 25 heavy (non-hydrogen) atoms. The van der Waals surface area contributed by atoms with Crippen LogP contribution in [0.2, 0.25) is 0 Å². The van der Waals surface area contributed by atoms with Crippen molar-refractivity contribution in [2.45, 2.75) is 64.8 Å². The Kier molecular flexibility index (Phi) is 5.52. The summed E-state index contributed by atoms with van der Waals surface area (Å²) in [6.45, 7) is 5.38. The van der Waals surface area contributed by atoms with Gasteiger partial charge in [-0.15, -0.1) is 5.10 Å². The number of hydrogen-bond donors (Lipinski definition) is 1. The highest BCUT2D eigenvalue weighted by Crippen LogP contribution is 2.28. The molecule has 1 aliphatic heterocycles. The lowest BCUT2D eigenvalue weighted by Crippen LogP contribution is -2.45. The first-order valence-corrected chi connectivity index (χ1v) is 9.36. The predicted octanol–water partition coefficient (Wildman–Crippen LogP) is 2.63. The predicted molar refractivity (Wildman–Crippen MR) is 96.2 cm³/mol. The maximum atomic E-state index is 12.2. The van der Waals surface area contributed by atoms with E-state index in [9.17, 15) is 10.1 Å². The van der Waals surface area contributed by atoms with Gasteiger partial charge in [-0.3, -0.25) is 4.79 Å². The minimum atomic E-state index is 0.203. The van der Waals surface area contributed by atoms with E-state index in [0.717, 1.165) is 37.2 Å². The van der Waals surface area contributed by atoms with Crippen molar-refractivity contribution in [1.29, 1.82) is 5.26 Å². The van der Waals surface area contributed by atoms with E-state index >= 15 is 0 Å². The molecular weight excluding hydrogens is 314 g/mol. The quantitative estimate of drug-likeness (QED) is 0.910. The van der Waals surface area contributed by atoms with E-state index in [1.54, 1.807) is 0 Å². The van der Waals surface area contributed by atoms with Gasteiger partial charge in [-0.2, -0.15) is 10.4 Å². The summed E-state index contributed by atoms with van der Waals surface area (Å²) < 4.78 is 0. The summed E-state index contributed by atoms with van der Waals surface area (Å²) in [5.41, 5.74) is 2.32. The van der Waals surface area contributed by atoms with E-state index in [0.29, 0.717) is 23.7 Å². The Morgan fingerprint density at radius 3 is 2.52 bits per heavy atom. The molecule has 2 aliphatic rings. The number of amides is 1. The Morgan fingerprint density at radius 2 is 1.88 bits per heavy atom. The van der Waals surface area contributed by atoms with Crippen LogP contribution in [0.4, 0.5) is 5.82 Å². The second-order valence-corrected chi connectivity index (χ2v) is 7.40. The molecule has 0 spiro atoms. The topological polar surface area (TPSA) is 81.9 Å². The van der Waals surface area contributed by atoms with Crippen molar-refractivity contribution in [3.8, 4) is 6.07 Å². The van der Waals surface area contributed by atoms with Gasteiger partial charge in [0.25, 0.3) is 0 Å². The van der Waals surface area contributed by atoms with Gasteiger partial charge >= 0.3 is 0 Å². The zero-order valence-corrected chi connectivity index (χ0v) is 15.2. The average molecular weight is 341 g/mol. The number of carbonyl (C=O) groups is 1. The van der Waals surface area contributed by atoms with Crippen molar-refractivity contribution in [3.05, 3.63) is 16.8 Å². The van der Waals surface area contributed by atoms with Crippen LogP contribution in [0.3, 0.4) is 0 Å². The van der Waals surface area contributed by atoms with Crippen LogP contribution >= 0.6 is 0 Å². The molecule has 1 aliphatic carbocycles. The van der Waals surface area contributed by atoms with E-state index in [2.05, 4.69) is 26.5 Å². The van der Waals surface area contributed by atoms with Gasteiger partial charge in [0.05, 0.1) is 5.69 Å². The van der Waals surface area contributed by atoms with Crippen LogP contribution in [0.5, 0.6) is 0 Å². The molecule has 2 fully saturated rings. The molecule has 0 unspecified atom stereocenters. The monoisotopic (exact) mass is 341 g/mol. The molecule has 1 saturated heterocycles. The number of rotatable bonds is 4. The lowest BCUT2D eigenvalue weighted by atomic mass is 10.0. The minimum Gasteiger partial charge on any atom is -0.354 e. The maximum Gasteiger partial charge on any atom is 0.220 e. The van der Waals surface area contributed by atoms with Gasteiger partial charge in [-0.1, -0.05) is 12.8 Å². The Balaban J connectivity index is 1.54. The summed E-state index contributed by atoms with van der Waals surface area (Å²) >= 11 is 0. The number of carbonyl (C=O) groups excluding carboxylic acids is 1. The number of nitrogens with one attached hydrogen (secondary N) is 1. The first kappa shape index (κ1) is 17.7. The van der Waals surface area contributed by atoms with E-state index in [1.807, 2.05) is 13.8 Å². The molecule has 2 heterocycles. The molecule has 1 N–H and O–H groups in total. The van der Waals surface area contributed by atoms with Crippen LogP contribution in [-0.2, 0) is 4.79 Å². The molecule has 6 nitrogen and oxygen atoms in total. The van der Waals surface area contributed by atoms with Crippen LogP contribution in [-0.4, -0.2) is 35.2 Å². The first-order valence-electron chi connectivity index (χ1n) is 9.36. The standard InChI is InChI=1S/C19H27N5O/c1-13-14(2)22-23-19(17(13)12-20)24-9-7-16(8-10-24)21-18(25)11-15-5-3-4-6-15/h15-16H,3-11H2,1-2H3,(H,21,25). The molecule has 134 valence electrons. The summed E-state index contributed by atoms with van der Waals surface area (Å²) in [4.78, 5) is 14.3. The fraction of sp³-hybridized carbons (Fsp3) is 0.684. The third-order valence-electron chi connectivity index (χ3n) is 5.66. The van der Waals surface area contributed by atoms with E-state index in [4.69, 9.17) is 0 Å². The number of hydrogen-bond acceptors (Lipinski definition) is 5. The highest BCUT2D eigenvalue weighted by atomic mass is 16.1. The third kappa shape index (κ3) is 4.09. The zero-order valence-electron chi connectivity index (χ0n) is 15.2. The van der Waals surface area contributed by atoms with E-state index in [-0.39, 0.29) is 11.9 Å². The van der Waals surface area contributed by atoms with Gasteiger partial charge in [0, 0.05) is 25.6 Å². The number of piperidine rings is 1. The molecule has 1 aromatic rings. The summed E-state index contributed by atoms with van der Waals surface area (Å²) in [7, 11) is 0. The number of aromatic nitrogens is 2. The highest BCUT2D eigenvalue weighted by molar-refractivity contribution is 5.76. The Hall–Kier alpha value is -2.16. The van der Waals surface area contributed by atoms with Crippen molar-refractivity contribution in [2.24, 2.45) is 5.92 Å². The number of anilines is 1. The highest BCUT2D eigenvalue weighted by Gasteiger charge is 2.26. The summed E-state index contributed by atoms with van der Waals surface area (Å²) in [5, 5.41) is 21.1. The van der Waals surface area contributed by atoms with E-state index < -0.39 is 0 Å². The van der Waals surface area contributed by atoms with Crippen molar-refractivity contribution < 1.29 is 4.79 Å². The molecule has 0 atom stereocenters. The third-order valence-corrected chi connectivity index (χ3v) is 5.66. The number of aryl methyl sites for hydroxylation is 1. The van der Waals surface area contributed by atoms with Gasteiger partial charge in [0.15, 0.2) is 5.82 Å². The molecule has 0 bridgehead atoms. The average Bonchev–Trinajstić information content (AvgIpc) is 3.11. The van der Waals surface area contributed by atoms with Crippen molar-refractivity contribution in [1.82, 2.24) is 15.5 Å². The molecule has 6 heteroatoms. The van der Waals surface area contributed by atoms with Gasteiger partial charge in [-0.05, 0) is 51.0 Å². The lowest BCUT2D eigenvalue weighted by Gasteiger charge is -2.33. The fourth-order valence-corrected chi connectivity index (χ4v) is 3.95. The van der Waals surface area contributed by atoms with Gasteiger partial charge in [0.1, 0.15) is 11.6 Å². The Labute approximate surface area is 149 Å². The second-order valence-electron chi connectivity index (χ2n) is 7.40. The smallest absolute Gasteiger partial charge is 0.220 e. The van der Waals surface area contributed by atoms with Gasteiger partial charge in [0.2, 0.25) is 5.91 Å². The van der Waals surface area contributed by atoms with Crippen molar-refractivity contribution >= 4 is 11.7 Å². The number of nitrogens with zero attached hydrogens (tertiary/aromatic N) is 4. The summed E-state index contributed by atoms with van der Waals surface area (Å²) in [6, 6.07) is 2.50. The fourth-order valence-electron chi connectivity index (χ4n) is 3.95. The minimum absolute atomic E-state index is 0.203. The van der Waals surface area contributed by atoms with Crippen molar-refractivity contribution in [2.75, 3.05) is 18.0 Å². The first-order chi connectivity index (χ1) is 12.1. The molecule has 0 aromatic carbocycles. The summed E-state index contributed by atoms with van der Waals surface area (Å²) in [5.74, 6) is 1.47. The largest absolute Gasteiger partial charge is 0.354 e. The van der Waals surface area contributed by atoms with Crippen LogP contribution in [0.15, 0.2) is 0 Å². The molecule has 1 amide bonds. The van der Waals surface area contributed by atoms with Crippen LogP contribution < -0.4 is 10.2 Å². The van der Waals surface area contributed by atoms with Crippen molar-refractivity contribution in [3.63, 3.8) is 0 Å². The zero-order chi connectivity index (χ0) is 17.8. The van der Waals surface area contributed by atoms with Gasteiger partial charge < -0.3 is 10.2 Å². The maximum absolute atomic E-state index is 12.2. The molecular formula is C19H27N5O. The summed E-state index contributed by atoms with van der Waals surface area (Å²) in [6.07, 6.45) is 7.40. The Morgan fingerprint density at radius 1 is 1.20 bits per heavy atom. The van der Waals surface area contributed by atoms with Crippen LogP contribution in [0.25, 0.3) is 0 Å². The Bertz CT molecular complexity index is 667. The number of nitriles is 1. The van der Waals surface area contributed by atoms with Crippen LogP contribution in [0, 0.1) is 31.1 Å². The van der Waals surface area contributed by atoms with E-state index in [1.165, 1.54) is 25.7 Å². The second kappa shape index (κ2) is 7.81. The molecule has 0 radical (unpaired) electrons. The van der Waals surface area contributed by atoms with Crippen LogP contribution in [0.1, 0.15) is 61.8 Å². The molecule has 1 aromatic heterocycles. The molecule has 3 rings (SSSR count). The SMILES string of the molecule is Cc1nnc(N2CCC(NC(=O)CC3CCCC3)CC2)c(C#N)c1C. The lowest BCUT2D eigenvalue weighted by molar-refractivity contribution is -0.122.